The van der Waals surface area contributed by atoms with Crippen molar-refractivity contribution in [3.63, 3.8) is 0 Å². The lowest BCUT2D eigenvalue weighted by atomic mass is 9.84. The van der Waals surface area contributed by atoms with Crippen LogP contribution < -0.4 is 0 Å². The minimum atomic E-state index is 0.156. The molecule has 5 nitrogen and oxygen atoms in total. The van der Waals surface area contributed by atoms with Crippen LogP contribution >= 0.6 is 0 Å². The normalized spacial score (nSPS) is 18.4. The number of para-hydroxylation sites is 1. The number of hydrogen-bond donors (Lipinski definition) is 1. The SMILES string of the molecule is Cc1[nH]c2ccccc2c1CC(=O)N1CCN(C(=O)C2CCC2)CC1. The molecule has 2 fully saturated rings. The molecule has 132 valence electrons. The van der Waals surface area contributed by atoms with E-state index < -0.39 is 0 Å². The lowest BCUT2D eigenvalue weighted by Gasteiger charge is -2.38. The zero-order chi connectivity index (χ0) is 17.4. The molecule has 1 saturated heterocycles. The molecule has 0 bridgehead atoms. The van der Waals surface area contributed by atoms with Crippen molar-refractivity contribution >= 4 is 22.7 Å². The summed E-state index contributed by atoms with van der Waals surface area (Å²) < 4.78 is 0. The highest BCUT2D eigenvalue weighted by atomic mass is 16.2. The number of nitrogens with one attached hydrogen (secondary N) is 1. The molecule has 0 unspecified atom stereocenters. The second-order valence-corrected chi connectivity index (χ2v) is 7.28. The van der Waals surface area contributed by atoms with Gasteiger partial charge in [0.05, 0.1) is 6.42 Å². The van der Waals surface area contributed by atoms with E-state index in [2.05, 4.69) is 11.1 Å². The van der Waals surface area contributed by atoms with Gasteiger partial charge in [0.25, 0.3) is 0 Å². The summed E-state index contributed by atoms with van der Waals surface area (Å²) in [4.78, 5) is 32.3. The largest absolute Gasteiger partial charge is 0.358 e. The number of piperazine rings is 1. The summed E-state index contributed by atoms with van der Waals surface area (Å²) in [7, 11) is 0. The lowest BCUT2D eigenvalue weighted by Crippen LogP contribution is -2.52. The van der Waals surface area contributed by atoms with Crippen LogP contribution in [0.2, 0.25) is 0 Å². The number of H-pyrrole nitrogens is 1. The molecule has 2 aromatic rings. The Morgan fingerprint density at radius 3 is 2.44 bits per heavy atom. The molecule has 5 heteroatoms. The molecule has 1 aliphatic heterocycles. The Labute approximate surface area is 148 Å². The van der Waals surface area contributed by atoms with Crippen LogP contribution in [0.5, 0.6) is 0 Å². The van der Waals surface area contributed by atoms with Gasteiger partial charge in [0.15, 0.2) is 0 Å². The van der Waals surface area contributed by atoms with Crippen molar-refractivity contribution in [2.75, 3.05) is 26.2 Å². The second kappa shape index (κ2) is 6.54. The quantitative estimate of drug-likeness (QED) is 0.934. The van der Waals surface area contributed by atoms with E-state index in [0.717, 1.165) is 35.0 Å². The van der Waals surface area contributed by atoms with Gasteiger partial charge in [-0.2, -0.15) is 0 Å². The Morgan fingerprint density at radius 2 is 1.76 bits per heavy atom. The number of aromatic nitrogens is 1. The van der Waals surface area contributed by atoms with Crippen LogP contribution in [-0.2, 0) is 16.0 Å². The monoisotopic (exact) mass is 339 g/mol. The maximum atomic E-state index is 12.7. The number of benzene rings is 1. The zero-order valence-corrected chi connectivity index (χ0v) is 14.8. The minimum absolute atomic E-state index is 0.156. The standard InChI is InChI=1S/C20H25N3O2/c1-14-17(16-7-2-3-8-18(16)21-14)13-19(24)22-9-11-23(12-10-22)20(25)15-5-4-6-15/h2-3,7-8,15,21H,4-6,9-13H2,1H3. The molecule has 1 aliphatic carbocycles. The molecule has 25 heavy (non-hydrogen) atoms. The molecule has 1 aromatic carbocycles. The molecule has 2 aliphatic rings. The van der Waals surface area contributed by atoms with Gasteiger partial charge in [0.2, 0.25) is 11.8 Å². The first-order valence-corrected chi connectivity index (χ1v) is 9.26. The van der Waals surface area contributed by atoms with E-state index in [1.807, 2.05) is 34.9 Å². The minimum Gasteiger partial charge on any atom is -0.358 e. The number of carbonyl (C=O) groups is 2. The van der Waals surface area contributed by atoms with Crippen LogP contribution in [0, 0.1) is 12.8 Å². The van der Waals surface area contributed by atoms with E-state index in [1.54, 1.807) is 0 Å². The number of aromatic amines is 1. The summed E-state index contributed by atoms with van der Waals surface area (Å²) in [6.45, 7) is 4.68. The molecule has 2 amide bonds. The average Bonchev–Trinajstić information content (AvgIpc) is 2.89. The maximum Gasteiger partial charge on any atom is 0.227 e. The predicted molar refractivity (Wildman–Crippen MR) is 97.2 cm³/mol. The fraction of sp³-hybridized carbons (Fsp3) is 0.500. The number of carbonyl (C=O) groups excluding carboxylic acids is 2. The van der Waals surface area contributed by atoms with Crippen molar-refractivity contribution in [3.05, 3.63) is 35.5 Å². The van der Waals surface area contributed by atoms with E-state index in [-0.39, 0.29) is 11.8 Å². The number of hydrogen-bond acceptors (Lipinski definition) is 2. The van der Waals surface area contributed by atoms with Crippen LogP contribution in [0.25, 0.3) is 10.9 Å². The van der Waals surface area contributed by atoms with Gasteiger partial charge >= 0.3 is 0 Å². The van der Waals surface area contributed by atoms with Crippen molar-refractivity contribution in [3.8, 4) is 0 Å². The third kappa shape index (κ3) is 3.03. The summed E-state index contributed by atoms with van der Waals surface area (Å²) in [6.07, 6.45) is 3.68. The molecule has 1 N–H and O–H groups in total. The van der Waals surface area contributed by atoms with Crippen molar-refractivity contribution in [1.29, 1.82) is 0 Å². The molecule has 1 aromatic heterocycles. The zero-order valence-electron chi connectivity index (χ0n) is 14.8. The van der Waals surface area contributed by atoms with Crippen LogP contribution in [0.3, 0.4) is 0 Å². The summed E-state index contributed by atoms with van der Waals surface area (Å²) in [5.74, 6) is 0.700. The van der Waals surface area contributed by atoms with E-state index in [9.17, 15) is 9.59 Å². The van der Waals surface area contributed by atoms with Crippen molar-refractivity contribution in [1.82, 2.24) is 14.8 Å². The number of nitrogens with zero attached hydrogens (tertiary/aromatic N) is 2. The van der Waals surface area contributed by atoms with Crippen molar-refractivity contribution in [2.24, 2.45) is 5.92 Å². The van der Waals surface area contributed by atoms with Gasteiger partial charge in [-0.25, -0.2) is 0 Å². The number of rotatable bonds is 3. The molecule has 4 rings (SSSR count). The molecule has 0 spiro atoms. The van der Waals surface area contributed by atoms with E-state index in [0.29, 0.717) is 38.5 Å². The van der Waals surface area contributed by atoms with Gasteiger partial charge in [-0.15, -0.1) is 0 Å². The van der Waals surface area contributed by atoms with Gasteiger partial charge < -0.3 is 14.8 Å². The number of aryl methyl sites for hydroxylation is 1. The third-order valence-corrected chi connectivity index (χ3v) is 5.75. The van der Waals surface area contributed by atoms with Gasteiger partial charge in [0, 0.05) is 48.7 Å². The van der Waals surface area contributed by atoms with Crippen LogP contribution in [-0.4, -0.2) is 52.8 Å². The topological polar surface area (TPSA) is 56.4 Å². The predicted octanol–water partition coefficient (Wildman–Crippen LogP) is 2.49. The first-order chi connectivity index (χ1) is 12.1. The Hall–Kier alpha value is -2.30. The maximum absolute atomic E-state index is 12.7. The number of amides is 2. The Kier molecular flexibility index (Phi) is 4.24. The Bertz CT molecular complexity index is 798. The molecule has 2 heterocycles. The highest BCUT2D eigenvalue weighted by Gasteiger charge is 2.32. The smallest absolute Gasteiger partial charge is 0.227 e. The van der Waals surface area contributed by atoms with Crippen LogP contribution in [0.1, 0.15) is 30.5 Å². The number of fused-ring (bicyclic) bond motifs is 1. The fourth-order valence-corrected chi connectivity index (χ4v) is 3.92. The Balaban J connectivity index is 1.39. The summed E-state index contributed by atoms with van der Waals surface area (Å²) in [5.41, 5.74) is 3.24. The molecule has 0 radical (unpaired) electrons. The third-order valence-electron chi connectivity index (χ3n) is 5.75. The van der Waals surface area contributed by atoms with Gasteiger partial charge in [-0.05, 0) is 31.4 Å². The summed E-state index contributed by atoms with van der Waals surface area (Å²) >= 11 is 0. The van der Waals surface area contributed by atoms with E-state index in [4.69, 9.17) is 0 Å². The van der Waals surface area contributed by atoms with Gasteiger partial charge in [0.1, 0.15) is 0 Å². The molecular formula is C20H25N3O2. The van der Waals surface area contributed by atoms with Crippen LogP contribution in [0.15, 0.2) is 24.3 Å². The first kappa shape index (κ1) is 16.2. The fourth-order valence-electron chi connectivity index (χ4n) is 3.92. The van der Waals surface area contributed by atoms with E-state index in [1.165, 1.54) is 6.42 Å². The van der Waals surface area contributed by atoms with Gasteiger partial charge in [-0.1, -0.05) is 24.6 Å². The van der Waals surface area contributed by atoms with Crippen molar-refractivity contribution in [2.45, 2.75) is 32.6 Å². The average molecular weight is 339 g/mol. The molecule has 0 atom stereocenters. The first-order valence-electron chi connectivity index (χ1n) is 9.26. The lowest BCUT2D eigenvalue weighted by molar-refractivity contribution is -0.143. The Morgan fingerprint density at radius 1 is 1.08 bits per heavy atom. The highest BCUT2D eigenvalue weighted by molar-refractivity contribution is 5.90. The summed E-state index contributed by atoms with van der Waals surface area (Å²) in [5, 5.41) is 1.13. The molecule has 1 saturated carbocycles. The van der Waals surface area contributed by atoms with Gasteiger partial charge in [-0.3, -0.25) is 9.59 Å². The summed E-state index contributed by atoms with van der Waals surface area (Å²) in [6, 6.07) is 8.12. The second-order valence-electron chi connectivity index (χ2n) is 7.28. The van der Waals surface area contributed by atoms with Crippen LogP contribution in [0.4, 0.5) is 0 Å². The van der Waals surface area contributed by atoms with Crippen molar-refractivity contribution < 1.29 is 9.59 Å². The van der Waals surface area contributed by atoms with E-state index >= 15 is 0 Å². The molecular weight excluding hydrogens is 314 g/mol. The highest BCUT2D eigenvalue weighted by Crippen LogP contribution is 2.28.